The highest BCUT2D eigenvalue weighted by Crippen LogP contribution is 2.42. The number of piperidine rings is 2. The maximum absolute atomic E-state index is 14.1. The van der Waals surface area contributed by atoms with E-state index in [2.05, 4.69) is 79.0 Å². The molecular weight excluding hydrogens is 1040 g/mol. The maximum atomic E-state index is 14.1. The van der Waals surface area contributed by atoms with E-state index in [0.717, 1.165) is 62.5 Å². The van der Waals surface area contributed by atoms with Crippen LogP contribution in [0.25, 0.3) is 11.3 Å². The van der Waals surface area contributed by atoms with Crippen molar-refractivity contribution < 1.29 is 29.4 Å². The molecule has 82 heavy (non-hydrogen) atoms. The number of imide groups is 1. The molecule has 2 aromatic carbocycles. The first-order valence-corrected chi connectivity index (χ1v) is 28.6. The second kappa shape index (κ2) is 21.0. The van der Waals surface area contributed by atoms with Crippen LogP contribution in [0.4, 0.5) is 45.9 Å². The van der Waals surface area contributed by atoms with Gasteiger partial charge < -0.3 is 44.7 Å². The number of fused-ring (bicyclic) bond motifs is 4. The summed E-state index contributed by atoms with van der Waals surface area (Å²) in [6.07, 6.45) is 10.9. The number of hydrogen-bond acceptors (Lipinski definition) is 15. The number of aromatic nitrogens is 5. The van der Waals surface area contributed by atoms with Gasteiger partial charge in [-0.2, -0.15) is 0 Å². The Labute approximate surface area is 476 Å². The minimum Gasteiger partial charge on any atom is -0.392 e. The molecule has 12 rings (SSSR count). The van der Waals surface area contributed by atoms with E-state index in [0.29, 0.717) is 108 Å². The second-order valence-corrected chi connectivity index (χ2v) is 24.2. The SMILES string of the molecule is C=CC(=O)Nc1cc(Nc2nc(-c3ccnc(N4CCn5c(cc6c5CC(C)(C)C6)C4=O)c3CO)cn(C)c2=O)ccc1N1CCN(C2CCN(c3ccc4c(c3)C(=O)N(c3ccc(N5CCC(C)(O)CC5)nc3)C4=O)[C@H](C)C2)C[C@@H]1C. The van der Waals surface area contributed by atoms with Crippen LogP contribution in [0.2, 0.25) is 0 Å². The van der Waals surface area contributed by atoms with Crippen LogP contribution in [0.15, 0.2) is 96.7 Å². The molecule has 4 aromatic heterocycles. The standard InChI is InChI=1S/C62H71N13O7/c1-8-54(77)66-48-29-40(65-55-60(81)68(7)35-49(67-55)44-15-19-63-56(47(44)36-76)74-26-25-73-51(59(74)80)28-39-31-61(4,5)32-52(39)73)9-13-50(48)72-24-23-70(34-38(72)3)41-16-20-71(37(2)27-41)42-10-12-45-46(30-42)58(79)75(57(45)78)43-11-14-53(64-33-43)69-21-17-62(6,82)18-22-69/h8-15,19,28-30,33,35,37-38,41,76,82H,1,16-18,20-27,31-32,34,36H2,2-7H3,(H,65,67)(H,66,77)/t37-,38+,41?/m1/s1. The fourth-order valence-corrected chi connectivity index (χ4v) is 13.4. The number of piperazine rings is 1. The highest BCUT2D eigenvalue weighted by molar-refractivity contribution is 6.34. The third kappa shape index (κ3) is 9.89. The Morgan fingerprint density at radius 1 is 0.817 bits per heavy atom. The van der Waals surface area contributed by atoms with Crippen molar-refractivity contribution in [3.05, 3.63) is 136 Å². The summed E-state index contributed by atoms with van der Waals surface area (Å²) in [5.74, 6) is -0.173. The predicted molar refractivity (Wildman–Crippen MR) is 317 cm³/mol. The predicted octanol–water partition coefficient (Wildman–Crippen LogP) is 6.90. The highest BCUT2D eigenvalue weighted by atomic mass is 16.3. The van der Waals surface area contributed by atoms with Crippen LogP contribution >= 0.6 is 0 Å². The Balaban J connectivity index is 0.709. The maximum Gasteiger partial charge on any atom is 0.293 e. The molecule has 4 amide bonds. The summed E-state index contributed by atoms with van der Waals surface area (Å²) in [6, 6.07) is 19.0. The van der Waals surface area contributed by atoms with E-state index in [1.807, 2.05) is 43.3 Å². The van der Waals surface area contributed by atoms with Crippen LogP contribution in [-0.4, -0.2) is 132 Å². The molecule has 0 radical (unpaired) electrons. The van der Waals surface area contributed by atoms with Crippen LogP contribution in [-0.2, 0) is 37.8 Å². The van der Waals surface area contributed by atoms with Crippen LogP contribution in [0.3, 0.4) is 0 Å². The number of carbonyl (C=O) groups is 4. The van der Waals surface area contributed by atoms with Gasteiger partial charge in [0.1, 0.15) is 17.3 Å². The zero-order valence-electron chi connectivity index (χ0n) is 47.5. The number of benzene rings is 2. The van der Waals surface area contributed by atoms with E-state index in [1.165, 1.54) is 26.8 Å². The van der Waals surface area contributed by atoms with Gasteiger partial charge in [0.15, 0.2) is 5.82 Å². The van der Waals surface area contributed by atoms with Gasteiger partial charge in [-0.3, -0.25) is 33.8 Å². The number of hydrogen-bond donors (Lipinski definition) is 4. The molecule has 6 aromatic rings. The Bertz CT molecular complexity index is 3630. The van der Waals surface area contributed by atoms with Gasteiger partial charge in [-0.05, 0) is 137 Å². The molecule has 3 saturated heterocycles. The molecular formula is C62H71N13O7. The lowest BCUT2D eigenvalue weighted by atomic mass is 9.90. The van der Waals surface area contributed by atoms with E-state index in [9.17, 15) is 34.2 Å². The van der Waals surface area contributed by atoms with Crippen LogP contribution in [0.1, 0.15) is 108 Å². The summed E-state index contributed by atoms with van der Waals surface area (Å²) in [5, 5.41) is 27.5. The first kappa shape index (κ1) is 54.4. The Morgan fingerprint density at radius 2 is 1.60 bits per heavy atom. The number of amides is 4. The molecule has 5 aliphatic heterocycles. The van der Waals surface area contributed by atoms with Crippen molar-refractivity contribution in [2.24, 2.45) is 12.5 Å². The number of nitrogens with one attached hydrogen (secondary N) is 2. The van der Waals surface area contributed by atoms with Crippen LogP contribution < -0.4 is 40.7 Å². The number of aliphatic hydroxyl groups is 2. The minimum absolute atomic E-state index is 0.0233. The average Bonchev–Trinajstić information content (AvgIpc) is 3.35. The van der Waals surface area contributed by atoms with Crippen molar-refractivity contribution in [3.8, 4) is 11.3 Å². The summed E-state index contributed by atoms with van der Waals surface area (Å²) in [4.78, 5) is 94.7. The van der Waals surface area contributed by atoms with E-state index in [1.54, 1.807) is 54.8 Å². The Kier molecular flexibility index (Phi) is 13.9. The fraction of sp³-hybridized carbons (Fsp3) is 0.419. The Hall–Kier alpha value is -8.20. The van der Waals surface area contributed by atoms with E-state index in [-0.39, 0.29) is 46.9 Å². The molecule has 426 valence electrons. The average molecular weight is 1110 g/mol. The van der Waals surface area contributed by atoms with Gasteiger partial charge in [0.2, 0.25) is 5.91 Å². The molecule has 20 heteroatoms. The fourth-order valence-electron chi connectivity index (χ4n) is 13.4. The number of aryl methyl sites for hydroxylation is 1. The van der Waals surface area contributed by atoms with Gasteiger partial charge in [0.05, 0.1) is 52.3 Å². The van der Waals surface area contributed by atoms with Gasteiger partial charge in [0, 0.05) is 118 Å². The molecule has 1 aliphatic carbocycles. The van der Waals surface area contributed by atoms with Crippen molar-refractivity contribution >= 4 is 69.5 Å². The third-order valence-corrected chi connectivity index (χ3v) is 17.8. The monoisotopic (exact) mass is 1110 g/mol. The van der Waals surface area contributed by atoms with Gasteiger partial charge in [0.25, 0.3) is 23.3 Å². The quantitative estimate of drug-likeness (QED) is 0.0724. The van der Waals surface area contributed by atoms with Crippen molar-refractivity contribution in [1.29, 1.82) is 0 Å². The molecule has 0 spiro atoms. The summed E-state index contributed by atoms with van der Waals surface area (Å²) in [5.41, 5.74) is 7.41. The summed E-state index contributed by atoms with van der Waals surface area (Å²) in [6.45, 7) is 19.4. The number of carbonyl (C=O) groups excluding carboxylic acids is 4. The lowest BCUT2D eigenvalue weighted by Gasteiger charge is -2.48. The first-order valence-electron chi connectivity index (χ1n) is 28.6. The molecule has 0 bridgehead atoms. The zero-order valence-corrected chi connectivity index (χ0v) is 47.5. The number of aliphatic hydroxyl groups excluding tert-OH is 1. The molecule has 0 saturated carbocycles. The zero-order chi connectivity index (χ0) is 57.5. The number of anilines is 8. The lowest BCUT2D eigenvalue weighted by Crippen LogP contribution is -2.58. The number of pyridine rings is 2. The summed E-state index contributed by atoms with van der Waals surface area (Å²) < 4.78 is 3.56. The molecule has 3 atom stereocenters. The number of rotatable bonds is 12. The van der Waals surface area contributed by atoms with Gasteiger partial charge >= 0.3 is 0 Å². The molecule has 6 aliphatic rings. The number of nitrogens with zero attached hydrogens (tertiary/aromatic N) is 11. The van der Waals surface area contributed by atoms with Crippen molar-refractivity contribution in [2.75, 3.05) is 80.9 Å². The van der Waals surface area contributed by atoms with Gasteiger partial charge in [-0.15, -0.1) is 0 Å². The normalized spacial score (nSPS) is 21.4. The third-order valence-electron chi connectivity index (χ3n) is 17.8. The minimum atomic E-state index is -0.686. The van der Waals surface area contributed by atoms with Gasteiger partial charge in [-0.1, -0.05) is 20.4 Å². The second-order valence-electron chi connectivity index (χ2n) is 24.2. The summed E-state index contributed by atoms with van der Waals surface area (Å²) in [7, 11) is 1.63. The lowest BCUT2D eigenvalue weighted by molar-refractivity contribution is -0.111. The van der Waals surface area contributed by atoms with E-state index in [4.69, 9.17) is 4.98 Å². The van der Waals surface area contributed by atoms with E-state index < -0.39 is 17.8 Å². The molecule has 4 N–H and O–H groups in total. The van der Waals surface area contributed by atoms with Crippen LogP contribution in [0, 0.1) is 5.41 Å². The topological polar surface area (TPSA) is 218 Å². The summed E-state index contributed by atoms with van der Waals surface area (Å²) >= 11 is 0. The van der Waals surface area contributed by atoms with Crippen molar-refractivity contribution in [1.82, 2.24) is 29.0 Å². The molecule has 3 fully saturated rings. The Morgan fingerprint density at radius 3 is 2.33 bits per heavy atom. The van der Waals surface area contributed by atoms with Gasteiger partial charge in [-0.25, -0.2) is 19.9 Å². The van der Waals surface area contributed by atoms with E-state index >= 15 is 0 Å². The van der Waals surface area contributed by atoms with Crippen molar-refractivity contribution in [2.45, 2.75) is 110 Å². The molecule has 1 unspecified atom stereocenters. The molecule has 20 nitrogen and oxygen atoms in total. The largest absolute Gasteiger partial charge is 0.392 e. The first-order chi connectivity index (χ1) is 39.3. The smallest absolute Gasteiger partial charge is 0.293 e. The highest BCUT2D eigenvalue weighted by Gasteiger charge is 2.41. The van der Waals surface area contributed by atoms with Crippen molar-refractivity contribution in [3.63, 3.8) is 0 Å². The molecule has 9 heterocycles. The van der Waals surface area contributed by atoms with Crippen LogP contribution in [0.5, 0.6) is 0 Å².